The van der Waals surface area contributed by atoms with Gasteiger partial charge in [-0.2, -0.15) is 0 Å². The summed E-state index contributed by atoms with van der Waals surface area (Å²) in [4.78, 5) is 0. The van der Waals surface area contributed by atoms with E-state index in [2.05, 4.69) is 384 Å². The van der Waals surface area contributed by atoms with Crippen LogP contribution in [0.15, 0.2) is 352 Å². The van der Waals surface area contributed by atoms with Crippen molar-refractivity contribution < 1.29 is 0 Å². The number of nitrogens with zero attached hydrogens (tertiary/aromatic N) is 4. The highest BCUT2D eigenvalue weighted by Gasteiger charge is 2.46. The zero-order valence-corrected chi connectivity index (χ0v) is 59.7. The van der Waals surface area contributed by atoms with Gasteiger partial charge >= 0.3 is 0 Å². The number of fused-ring (bicyclic) bond motifs is 24. The Balaban J connectivity index is 0.000000131. The van der Waals surface area contributed by atoms with Crippen molar-refractivity contribution in [1.82, 2.24) is 18.3 Å². The summed E-state index contributed by atoms with van der Waals surface area (Å²) in [6.45, 7) is 4.73. The summed E-state index contributed by atoms with van der Waals surface area (Å²) in [7, 11) is 0. The lowest BCUT2D eigenvalue weighted by Crippen LogP contribution is -2.28. The first kappa shape index (κ1) is 59.7. The van der Waals surface area contributed by atoms with E-state index in [-0.39, 0.29) is 5.41 Å². The number of hydrogen-bond donors (Lipinski definition) is 0. The smallest absolute Gasteiger partial charge is 0.0714 e. The summed E-state index contributed by atoms with van der Waals surface area (Å²) in [6.07, 6.45) is 0. The molecule has 0 N–H and O–H groups in total. The minimum atomic E-state index is -0.479. The second-order valence-corrected chi connectivity index (χ2v) is 31.6. The molecule has 0 amide bonds. The SMILES string of the molecule is CC1(C)c2ccccc2-c2ccc(-n3c4ccccc4c4cc5c6cc7sc8ccccc8c7cc6n(-c6ccccc6)c5cc43)cc21.c1ccc(-n2c3cc4c(cc3c3cc5c6ccccc6n(-c6ccc7c(c6)C(c6ccccc6)(c6ccccc6)c6ccccc6-7)c5cc32)sc2ccccc24)cc1. The molecule has 16 aromatic carbocycles. The largest absolute Gasteiger partial charge is 0.309 e. The maximum absolute atomic E-state index is 2.51. The highest BCUT2D eigenvalue weighted by atomic mass is 32.1. The van der Waals surface area contributed by atoms with Gasteiger partial charge in [-0.15, -0.1) is 22.7 Å². The van der Waals surface area contributed by atoms with Gasteiger partial charge in [-0.05, 0) is 177 Å². The second-order valence-electron chi connectivity index (χ2n) is 29.4. The van der Waals surface area contributed by atoms with Crippen molar-refractivity contribution in [3.63, 3.8) is 0 Å². The fourth-order valence-electron chi connectivity index (χ4n) is 19.1. The van der Waals surface area contributed by atoms with Crippen LogP contribution >= 0.6 is 22.7 Å². The third-order valence-electron chi connectivity index (χ3n) is 23.7. The molecule has 0 aliphatic heterocycles. The number of benzene rings is 16. The molecule has 0 spiro atoms. The molecule has 4 nitrogen and oxygen atoms in total. The van der Waals surface area contributed by atoms with Crippen LogP contribution in [0.4, 0.5) is 0 Å². The number of thiophene rings is 2. The van der Waals surface area contributed by atoms with Gasteiger partial charge in [0.1, 0.15) is 0 Å². The van der Waals surface area contributed by atoms with Crippen LogP contribution < -0.4 is 0 Å². The fourth-order valence-corrected chi connectivity index (χ4v) is 21.3. The van der Waals surface area contributed by atoms with Gasteiger partial charge < -0.3 is 18.3 Å². The Bertz CT molecular complexity index is 7430. The van der Waals surface area contributed by atoms with Crippen LogP contribution in [0.25, 0.3) is 173 Å². The van der Waals surface area contributed by atoms with Crippen LogP contribution in [-0.4, -0.2) is 18.3 Å². The van der Waals surface area contributed by atoms with E-state index in [9.17, 15) is 0 Å². The average Bonchev–Trinajstić information content (AvgIpc) is 1.54. The molecule has 6 heterocycles. The molecule has 0 unspecified atom stereocenters. The molecule has 0 saturated carbocycles. The molecule has 6 heteroatoms. The second kappa shape index (κ2) is 22.3. The molecule has 0 bridgehead atoms. The predicted molar refractivity (Wildman–Crippen MR) is 451 cm³/mol. The van der Waals surface area contributed by atoms with Gasteiger partial charge in [-0.3, -0.25) is 0 Å². The zero-order chi connectivity index (χ0) is 69.7. The van der Waals surface area contributed by atoms with Crippen LogP contribution in [0, 0.1) is 0 Å². The average molecular weight is 1390 g/mol. The number of para-hydroxylation sites is 4. The summed E-state index contributed by atoms with van der Waals surface area (Å²) in [5, 5.41) is 15.5. The Morgan fingerprint density at radius 3 is 1.03 bits per heavy atom. The highest BCUT2D eigenvalue weighted by molar-refractivity contribution is 7.26. The van der Waals surface area contributed by atoms with Gasteiger partial charge in [0.05, 0.1) is 49.5 Å². The van der Waals surface area contributed by atoms with Crippen molar-refractivity contribution in [2.24, 2.45) is 0 Å². The first-order valence-corrected chi connectivity index (χ1v) is 38.3. The van der Waals surface area contributed by atoms with Gasteiger partial charge in [0.15, 0.2) is 0 Å². The zero-order valence-electron chi connectivity index (χ0n) is 58.1. The highest BCUT2D eigenvalue weighted by Crippen LogP contribution is 2.58. The third-order valence-corrected chi connectivity index (χ3v) is 25.9. The summed E-state index contributed by atoms with van der Waals surface area (Å²) in [5.74, 6) is 0. The standard InChI is InChI=1S/C55H34N2S.C45H30N2S/c1-4-16-35(17-5-1)55(36-18-6-2-7-19-36)47-25-13-10-22-39(47)40-29-28-38(30-48(40)55)57-49-26-14-11-23-41(49)43-31-44-45-33-54-46(42-24-12-15-27-53(42)58-54)32-50(45)56(52(44)34-51(43)57)37-20-8-3-9-21-37;1-45(2)37-17-9-6-14-29(37)30-21-20-28(22-38(30)45)47-39-18-10-7-15-31(39)33-23-34-35-25-44-36(32-16-8-11-19-43(32)48-44)24-40(35)46(42(34)26-41(33)47)27-12-4-3-5-13-27/h1-34H;3-26H,1-2H3. The van der Waals surface area contributed by atoms with Crippen LogP contribution in [0.2, 0.25) is 0 Å². The lowest BCUT2D eigenvalue weighted by atomic mass is 9.67. The Morgan fingerprint density at radius 1 is 0.198 bits per heavy atom. The molecular weight excluding hydrogens is 1320 g/mol. The Hall–Kier alpha value is -12.8. The molecule has 24 rings (SSSR count). The van der Waals surface area contributed by atoms with Crippen LogP contribution in [0.3, 0.4) is 0 Å². The van der Waals surface area contributed by atoms with E-state index in [1.54, 1.807) is 0 Å². The van der Waals surface area contributed by atoms with E-state index in [0.29, 0.717) is 0 Å². The monoisotopic (exact) mass is 1380 g/mol. The minimum Gasteiger partial charge on any atom is -0.309 e. The van der Waals surface area contributed by atoms with Gasteiger partial charge in [0.25, 0.3) is 0 Å². The van der Waals surface area contributed by atoms with E-state index >= 15 is 0 Å². The van der Waals surface area contributed by atoms with Crippen molar-refractivity contribution in [3.05, 3.63) is 385 Å². The number of aromatic nitrogens is 4. The van der Waals surface area contributed by atoms with E-state index in [4.69, 9.17) is 0 Å². The fraction of sp³-hybridized carbons (Fsp3) is 0.0400. The van der Waals surface area contributed by atoms with Gasteiger partial charge in [-0.25, -0.2) is 0 Å². The van der Waals surface area contributed by atoms with E-state index in [1.165, 1.54) is 195 Å². The quantitative estimate of drug-likeness (QED) is 0.158. The summed E-state index contributed by atoms with van der Waals surface area (Å²) < 4.78 is 15.3. The molecule has 6 aromatic heterocycles. The molecule has 22 aromatic rings. The molecule has 0 fully saturated rings. The van der Waals surface area contributed by atoms with Crippen LogP contribution in [0.5, 0.6) is 0 Å². The maximum atomic E-state index is 2.51. The number of rotatable bonds is 6. The predicted octanol–water partition coefficient (Wildman–Crippen LogP) is 27.2. The minimum absolute atomic E-state index is 0.0648. The molecule has 106 heavy (non-hydrogen) atoms. The Labute approximate surface area is 619 Å². The van der Waals surface area contributed by atoms with Crippen molar-refractivity contribution in [3.8, 4) is 45.0 Å². The topological polar surface area (TPSA) is 19.7 Å². The molecular formula is C100H64N4S2. The van der Waals surface area contributed by atoms with Gasteiger partial charge in [0, 0.05) is 112 Å². The van der Waals surface area contributed by atoms with Crippen molar-refractivity contribution in [2.75, 3.05) is 0 Å². The first-order chi connectivity index (χ1) is 52.3. The molecule has 0 atom stereocenters. The van der Waals surface area contributed by atoms with E-state index in [1.807, 2.05) is 22.7 Å². The van der Waals surface area contributed by atoms with Crippen molar-refractivity contribution in [2.45, 2.75) is 24.7 Å². The molecule has 496 valence electrons. The molecule has 0 radical (unpaired) electrons. The maximum Gasteiger partial charge on any atom is 0.0714 e. The summed E-state index contributed by atoms with van der Waals surface area (Å²) >= 11 is 3.78. The molecule has 2 aliphatic rings. The van der Waals surface area contributed by atoms with E-state index < -0.39 is 5.41 Å². The van der Waals surface area contributed by atoms with Crippen molar-refractivity contribution >= 4 is 150 Å². The normalized spacial score (nSPS) is 13.5. The van der Waals surface area contributed by atoms with Gasteiger partial charge in [-0.1, -0.05) is 244 Å². The molecule has 0 saturated heterocycles. The first-order valence-electron chi connectivity index (χ1n) is 36.7. The van der Waals surface area contributed by atoms with E-state index in [0.717, 1.165) is 11.4 Å². The van der Waals surface area contributed by atoms with Crippen molar-refractivity contribution in [1.29, 1.82) is 0 Å². The summed E-state index contributed by atoms with van der Waals surface area (Å²) in [6, 6.07) is 131. The number of hydrogen-bond acceptors (Lipinski definition) is 2. The lowest BCUT2D eigenvalue weighted by Gasteiger charge is -2.34. The lowest BCUT2D eigenvalue weighted by molar-refractivity contribution is 0.660. The third kappa shape index (κ3) is 8.28. The Morgan fingerprint density at radius 2 is 0.538 bits per heavy atom. The molecule has 2 aliphatic carbocycles. The van der Waals surface area contributed by atoms with Crippen LogP contribution in [0.1, 0.15) is 47.2 Å². The van der Waals surface area contributed by atoms with Crippen LogP contribution in [-0.2, 0) is 10.8 Å². The van der Waals surface area contributed by atoms with Gasteiger partial charge in [0.2, 0.25) is 0 Å². The Kier molecular flexibility index (Phi) is 12.6. The summed E-state index contributed by atoms with van der Waals surface area (Å²) in [5.41, 5.74) is 27.2.